The molecule has 1 unspecified atom stereocenters. The van der Waals surface area contributed by atoms with Gasteiger partial charge in [-0.1, -0.05) is 83.9 Å². The summed E-state index contributed by atoms with van der Waals surface area (Å²) in [6, 6.07) is 25.9. The highest BCUT2D eigenvalue weighted by Crippen LogP contribution is 2.38. The van der Waals surface area contributed by atoms with E-state index in [4.69, 9.17) is 27.8 Å². The van der Waals surface area contributed by atoms with Gasteiger partial charge >= 0.3 is 12.4 Å². The Balaban J connectivity index is 1.38. The number of benzene rings is 5. The minimum atomic E-state index is -4.62. The van der Waals surface area contributed by atoms with Gasteiger partial charge in [0.1, 0.15) is 0 Å². The summed E-state index contributed by atoms with van der Waals surface area (Å²) in [5.41, 5.74) is 1.73. The quantitative estimate of drug-likeness (QED) is 0.0909. The fourth-order valence-corrected chi connectivity index (χ4v) is 6.45. The van der Waals surface area contributed by atoms with Gasteiger partial charge in [-0.25, -0.2) is 0 Å². The van der Waals surface area contributed by atoms with Crippen molar-refractivity contribution in [3.8, 4) is 22.3 Å². The van der Waals surface area contributed by atoms with Crippen LogP contribution in [0.15, 0.2) is 109 Å². The van der Waals surface area contributed by atoms with Crippen molar-refractivity contribution in [1.29, 1.82) is 0 Å². The van der Waals surface area contributed by atoms with Gasteiger partial charge in [0.15, 0.2) is 0 Å². The summed E-state index contributed by atoms with van der Waals surface area (Å²) in [5, 5.41) is 4.31. The molecule has 3 N–H and O–H groups in total. The molecule has 2 amide bonds. The maximum Gasteiger partial charge on any atom is 0.417 e. The lowest BCUT2D eigenvalue weighted by Gasteiger charge is -2.19. The van der Waals surface area contributed by atoms with Crippen LogP contribution in [0.1, 0.15) is 38.5 Å². The van der Waals surface area contributed by atoms with Crippen molar-refractivity contribution in [2.24, 2.45) is 0 Å². The van der Waals surface area contributed by atoms with Crippen LogP contribution in [0.5, 0.6) is 0 Å². The first-order valence-corrected chi connectivity index (χ1v) is 18.2. The molecule has 0 spiro atoms. The zero-order valence-corrected chi connectivity index (χ0v) is 29.9. The molecule has 54 heavy (non-hydrogen) atoms. The lowest BCUT2D eigenvalue weighted by atomic mass is 9.89. The smallest absolute Gasteiger partial charge is 0.351 e. The summed E-state index contributed by atoms with van der Waals surface area (Å²) in [6.45, 7) is -0.310. The van der Waals surface area contributed by atoms with Gasteiger partial charge in [0, 0.05) is 17.8 Å². The molecule has 16 heteroatoms. The van der Waals surface area contributed by atoms with Gasteiger partial charge in [0.25, 0.3) is 16.0 Å². The predicted molar refractivity (Wildman–Crippen MR) is 194 cm³/mol. The lowest BCUT2D eigenvalue weighted by molar-refractivity contribution is -0.138. The minimum absolute atomic E-state index is 0.129. The Morgan fingerprint density at radius 2 is 1.13 bits per heavy atom. The summed E-state index contributed by atoms with van der Waals surface area (Å²) in [7, 11) is -4.27. The highest BCUT2D eigenvalue weighted by Gasteiger charge is 2.34. The zero-order chi connectivity index (χ0) is 39.4. The Kier molecular flexibility index (Phi) is 12.1. The van der Waals surface area contributed by atoms with Crippen LogP contribution in [0, 0.1) is 0 Å². The van der Waals surface area contributed by atoms with Crippen molar-refractivity contribution in [3.05, 3.63) is 147 Å². The summed E-state index contributed by atoms with van der Waals surface area (Å²) in [6.07, 6.45) is -9.10. The summed E-state index contributed by atoms with van der Waals surface area (Å²) in [4.78, 5) is 26.3. The molecule has 0 saturated heterocycles. The standard InChI is InChI=1S/C38H28Cl2F6N2O5S/c39-33-20-27(11-15-31(33)37(41,42)43)23-5-7-25(8-6-23)30(19-22-1-3-26(4-2-22)35(49)47-17-18-54(51,52)53)36(50)48-29-13-9-24(10-14-29)28-12-16-32(34(40)21-28)38(44,45)46/h1-16,20-21,30H,17-19H2,(H,47,49)(H,48,50)(H,51,52,53). The van der Waals surface area contributed by atoms with Crippen LogP contribution in [0.3, 0.4) is 0 Å². The fraction of sp³-hybridized carbons (Fsp3) is 0.158. The Morgan fingerprint density at radius 3 is 1.57 bits per heavy atom. The van der Waals surface area contributed by atoms with E-state index in [0.717, 1.165) is 12.1 Å². The average Bonchev–Trinajstić information content (AvgIpc) is 3.09. The third-order valence-corrected chi connectivity index (χ3v) is 9.64. The average molecular weight is 810 g/mol. The second-order valence-corrected chi connectivity index (χ2v) is 14.5. The highest BCUT2D eigenvalue weighted by atomic mass is 35.5. The Morgan fingerprint density at radius 1 is 0.667 bits per heavy atom. The number of rotatable bonds is 11. The van der Waals surface area contributed by atoms with Crippen molar-refractivity contribution < 1.29 is 48.9 Å². The van der Waals surface area contributed by atoms with Gasteiger partial charge in [-0.2, -0.15) is 34.8 Å². The molecule has 5 aromatic carbocycles. The molecule has 5 rings (SSSR count). The SMILES string of the molecule is O=C(NCCS(=O)(=O)O)c1ccc(CC(C(=O)Nc2ccc(-c3ccc(C(F)(F)F)c(Cl)c3)cc2)c2ccc(-c3ccc(C(F)(F)F)c(Cl)c3)cc2)cc1. The Labute approximate surface area is 315 Å². The van der Waals surface area contributed by atoms with Crippen molar-refractivity contribution in [3.63, 3.8) is 0 Å². The molecule has 1 atom stereocenters. The Bertz CT molecular complexity index is 2270. The van der Waals surface area contributed by atoms with Gasteiger partial charge in [-0.05, 0) is 88.3 Å². The van der Waals surface area contributed by atoms with E-state index < -0.39 is 67.1 Å². The second kappa shape index (κ2) is 16.2. The molecule has 0 radical (unpaired) electrons. The molecular weight excluding hydrogens is 781 g/mol. The number of carbonyl (C=O) groups is 2. The first kappa shape index (κ1) is 40.3. The first-order valence-electron chi connectivity index (χ1n) is 15.9. The van der Waals surface area contributed by atoms with E-state index in [0.29, 0.717) is 39.1 Å². The number of nitrogens with one attached hydrogen (secondary N) is 2. The van der Waals surface area contributed by atoms with Crippen LogP contribution in [0.25, 0.3) is 22.3 Å². The molecule has 0 saturated carbocycles. The maximum atomic E-state index is 13.9. The third-order valence-electron chi connectivity index (χ3n) is 8.30. The highest BCUT2D eigenvalue weighted by molar-refractivity contribution is 7.85. The largest absolute Gasteiger partial charge is 0.417 e. The van der Waals surface area contributed by atoms with Crippen LogP contribution < -0.4 is 10.6 Å². The molecule has 0 fully saturated rings. The molecule has 0 aliphatic heterocycles. The molecule has 7 nitrogen and oxygen atoms in total. The van der Waals surface area contributed by atoms with E-state index in [1.54, 1.807) is 60.7 Å². The fourth-order valence-electron chi connectivity index (χ4n) is 5.52. The van der Waals surface area contributed by atoms with Gasteiger partial charge in [0.2, 0.25) is 5.91 Å². The Hall–Kier alpha value is -4.89. The van der Waals surface area contributed by atoms with E-state index in [-0.39, 0.29) is 18.5 Å². The molecule has 282 valence electrons. The molecule has 0 aliphatic rings. The number of alkyl halides is 6. The van der Waals surface area contributed by atoms with Crippen molar-refractivity contribution in [2.45, 2.75) is 24.7 Å². The molecule has 0 bridgehead atoms. The second-order valence-electron chi connectivity index (χ2n) is 12.1. The van der Waals surface area contributed by atoms with E-state index in [1.807, 2.05) is 0 Å². The van der Waals surface area contributed by atoms with E-state index in [2.05, 4.69) is 10.6 Å². The number of halogens is 8. The van der Waals surface area contributed by atoms with Crippen molar-refractivity contribution >= 4 is 50.8 Å². The van der Waals surface area contributed by atoms with Crippen LogP contribution >= 0.6 is 23.2 Å². The van der Waals surface area contributed by atoms with Crippen LogP contribution in [-0.2, 0) is 33.7 Å². The monoisotopic (exact) mass is 808 g/mol. The molecule has 5 aromatic rings. The van der Waals surface area contributed by atoms with Gasteiger partial charge in [-0.15, -0.1) is 0 Å². The summed E-state index contributed by atoms with van der Waals surface area (Å²) < 4.78 is 110. The van der Waals surface area contributed by atoms with Crippen LogP contribution in [0.4, 0.5) is 32.0 Å². The molecule has 0 aromatic heterocycles. The van der Waals surface area contributed by atoms with Gasteiger partial charge in [-0.3, -0.25) is 14.1 Å². The minimum Gasteiger partial charge on any atom is -0.351 e. The topological polar surface area (TPSA) is 113 Å². The summed E-state index contributed by atoms with van der Waals surface area (Å²) >= 11 is 11.8. The van der Waals surface area contributed by atoms with Crippen LogP contribution in [0.2, 0.25) is 10.0 Å². The van der Waals surface area contributed by atoms with E-state index in [9.17, 15) is 44.3 Å². The summed E-state index contributed by atoms with van der Waals surface area (Å²) in [5.74, 6) is -2.53. The zero-order valence-electron chi connectivity index (χ0n) is 27.6. The number of anilines is 1. The molecule has 0 heterocycles. The predicted octanol–water partition coefficient (Wildman–Crippen LogP) is 9.95. The van der Waals surface area contributed by atoms with Crippen molar-refractivity contribution in [2.75, 3.05) is 17.6 Å². The first-order chi connectivity index (χ1) is 25.3. The number of hydrogen-bond acceptors (Lipinski definition) is 4. The maximum absolute atomic E-state index is 13.9. The number of hydrogen-bond donors (Lipinski definition) is 3. The number of carbonyl (C=O) groups excluding carboxylic acids is 2. The third kappa shape index (κ3) is 10.4. The molecular formula is C38H28Cl2F6N2O5S. The molecule has 0 aliphatic carbocycles. The van der Waals surface area contributed by atoms with Crippen LogP contribution in [-0.4, -0.2) is 37.1 Å². The normalized spacial score (nSPS) is 12.6. The van der Waals surface area contributed by atoms with Gasteiger partial charge < -0.3 is 10.6 Å². The van der Waals surface area contributed by atoms with E-state index >= 15 is 0 Å². The number of amides is 2. The lowest BCUT2D eigenvalue weighted by Crippen LogP contribution is -2.28. The van der Waals surface area contributed by atoms with Gasteiger partial charge in [0.05, 0.1) is 32.8 Å². The van der Waals surface area contributed by atoms with E-state index in [1.165, 1.54) is 36.4 Å². The van der Waals surface area contributed by atoms with Crippen molar-refractivity contribution in [1.82, 2.24) is 5.32 Å².